The normalized spacial score (nSPS) is 15.4. The van der Waals surface area contributed by atoms with Gasteiger partial charge < -0.3 is 15.2 Å². The number of carbonyl (C=O) groups excluding carboxylic acids is 2. The summed E-state index contributed by atoms with van der Waals surface area (Å²) in [6.07, 6.45) is -0.372. The molecule has 2 atom stereocenters. The maximum Gasteiger partial charge on any atom is 0.411 e. The van der Waals surface area contributed by atoms with Crippen LogP contribution in [-0.2, 0) is 40.3 Å². The van der Waals surface area contributed by atoms with Gasteiger partial charge in [-0.1, -0.05) is 78.9 Å². The van der Waals surface area contributed by atoms with Crippen molar-refractivity contribution in [1.29, 1.82) is 0 Å². The van der Waals surface area contributed by atoms with E-state index in [0.29, 0.717) is 5.69 Å². The molecule has 0 spiro atoms. The SMILES string of the molecule is O=C(O)[C@@H](Cc1ccc2ccccc2n1)NC(=O)[C@@H]1Cc2ccccc2CN1C(=O)OCc1ccccc1. The molecule has 0 radical (unpaired) electrons. The summed E-state index contributed by atoms with van der Waals surface area (Å²) in [6, 6.07) is 25.9. The molecule has 0 saturated heterocycles. The Hall–Kier alpha value is -4.72. The van der Waals surface area contributed by atoms with E-state index in [-0.39, 0.29) is 26.0 Å². The van der Waals surface area contributed by atoms with Crippen LogP contribution in [0.25, 0.3) is 10.9 Å². The van der Waals surface area contributed by atoms with Gasteiger partial charge in [0, 0.05) is 23.9 Å². The molecule has 8 nitrogen and oxygen atoms in total. The molecular weight excluding hydrogens is 482 g/mol. The lowest BCUT2D eigenvalue weighted by Crippen LogP contribution is -2.56. The van der Waals surface area contributed by atoms with E-state index in [1.807, 2.05) is 84.9 Å². The summed E-state index contributed by atoms with van der Waals surface area (Å²) in [4.78, 5) is 44.6. The van der Waals surface area contributed by atoms with Crippen LogP contribution in [0.1, 0.15) is 22.4 Å². The van der Waals surface area contributed by atoms with Crippen LogP contribution >= 0.6 is 0 Å². The third-order valence-corrected chi connectivity index (χ3v) is 6.67. The van der Waals surface area contributed by atoms with Gasteiger partial charge in [-0.05, 0) is 28.8 Å². The van der Waals surface area contributed by atoms with Gasteiger partial charge in [0.05, 0.1) is 12.1 Å². The summed E-state index contributed by atoms with van der Waals surface area (Å²) in [5, 5.41) is 13.5. The van der Waals surface area contributed by atoms with Crippen molar-refractivity contribution in [2.75, 3.05) is 0 Å². The van der Waals surface area contributed by atoms with Crippen LogP contribution < -0.4 is 5.32 Å². The summed E-state index contributed by atoms with van der Waals surface area (Å²) in [5.41, 5.74) is 3.97. The van der Waals surface area contributed by atoms with Crippen molar-refractivity contribution in [2.24, 2.45) is 0 Å². The van der Waals surface area contributed by atoms with E-state index in [4.69, 9.17) is 4.74 Å². The van der Waals surface area contributed by atoms with Crippen molar-refractivity contribution in [1.82, 2.24) is 15.2 Å². The minimum absolute atomic E-state index is 0.00761. The highest BCUT2D eigenvalue weighted by atomic mass is 16.6. The van der Waals surface area contributed by atoms with Crippen LogP contribution in [0.2, 0.25) is 0 Å². The number of amides is 2. The van der Waals surface area contributed by atoms with E-state index in [1.165, 1.54) is 4.90 Å². The third-order valence-electron chi connectivity index (χ3n) is 6.67. The van der Waals surface area contributed by atoms with Crippen LogP contribution in [0.3, 0.4) is 0 Å². The fourth-order valence-corrected chi connectivity index (χ4v) is 4.65. The number of carboxylic acids is 1. The minimum Gasteiger partial charge on any atom is -0.480 e. The first-order chi connectivity index (χ1) is 18.5. The zero-order chi connectivity index (χ0) is 26.5. The molecule has 0 fully saturated rings. The van der Waals surface area contributed by atoms with Gasteiger partial charge in [0.25, 0.3) is 0 Å². The van der Waals surface area contributed by atoms with Gasteiger partial charge in [-0.25, -0.2) is 9.59 Å². The molecular formula is C30H27N3O5. The number of para-hydroxylation sites is 1. The lowest BCUT2D eigenvalue weighted by atomic mass is 9.93. The molecule has 2 N–H and O–H groups in total. The second-order valence-electron chi connectivity index (χ2n) is 9.26. The Kier molecular flexibility index (Phi) is 7.31. The number of ether oxygens (including phenoxy) is 1. The van der Waals surface area contributed by atoms with Crippen molar-refractivity contribution >= 4 is 28.9 Å². The molecule has 38 heavy (non-hydrogen) atoms. The molecule has 2 heterocycles. The first-order valence-corrected chi connectivity index (χ1v) is 12.4. The number of rotatable bonds is 7. The second-order valence-corrected chi connectivity index (χ2v) is 9.26. The highest BCUT2D eigenvalue weighted by Crippen LogP contribution is 2.25. The van der Waals surface area contributed by atoms with Crippen LogP contribution in [0.5, 0.6) is 0 Å². The quantitative estimate of drug-likeness (QED) is 0.388. The smallest absolute Gasteiger partial charge is 0.411 e. The van der Waals surface area contributed by atoms with Gasteiger partial charge in [-0.15, -0.1) is 0 Å². The number of hydrogen-bond donors (Lipinski definition) is 2. The number of carboxylic acid groups (broad SMARTS) is 1. The maximum absolute atomic E-state index is 13.5. The molecule has 0 saturated carbocycles. The molecule has 4 aromatic rings. The predicted molar refractivity (Wildman–Crippen MR) is 141 cm³/mol. The number of aromatic nitrogens is 1. The lowest BCUT2D eigenvalue weighted by molar-refractivity contribution is -0.142. The molecule has 0 bridgehead atoms. The van der Waals surface area contributed by atoms with E-state index in [1.54, 1.807) is 6.07 Å². The molecule has 8 heteroatoms. The van der Waals surface area contributed by atoms with Crippen molar-refractivity contribution < 1.29 is 24.2 Å². The minimum atomic E-state index is -1.21. The number of nitrogens with one attached hydrogen (secondary N) is 1. The molecule has 0 aliphatic carbocycles. The molecule has 3 aromatic carbocycles. The Morgan fingerprint density at radius 2 is 1.63 bits per heavy atom. The van der Waals surface area contributed by atoms with E-state index in [9.17, 15) is 19.5 Å². The Bertz CT molecular complexity index is 1470. The molecule has 192 valence electrons. The predicted octanol–water partition coefficient (Wildman–Crippen LogP) is 4.11. The number of fused-ring (bicyclic) bond motifs is 2. The molecule has 0 unspecified atom stereocenters. The Morgan fingerprint density at radius 3 is 2.42 bits per heavy atom. The fourth-order valence-electron chi connectivity index (χ4n) is 4.65. The average molecular weight is 510 g/mol. The number of aliphatic carboxylic acids is 1. The van der Waals surface area contributed by atoms with Gasteiger partial charge in [-0.2, -0.15) is 0 Å². The summed E-state index contributed by atoms with van der Waals surface area (Å²) in [6.45, 7) is 0.253. The molecule has 1 aliphatic heterocycles. The van der Waals surface area contributed by atoms with Crippen LogP contribution in [0.4, 0.5) is 4.79 Å². The van der Waals surface area contributed by atoms with E-state index < -0.39 is 30.1 Å². The first-order valence-electron chi connectivity index (χ1n) is 12.4. The summed E-state index contributed by atoms with van der Waals surface area (Å²) < 4.78 is 5.53. The summed E-state index contributed by atoms with van der Waals surface area (Å²) in [7, 11) is 0. The molecule has 2 amide bonds. The van der Waals surface area contributed by atoms with Crippen molar-refractivity contribution in [3.8, 4) is 0 Å². The van der Waals surface area contributed by atoms with E-state index >= 15 is 0 Å². The van der Waals surface area contributed by atoms with Crippen LogP contribution in [-0.4, -0.2) is 45.0 Å². The zero-order valence-electron chi connectivity index (χ0n) is 20.6. The second kappa shape index (κ2) is 11.1. The van der Waals surface area contributed by atoms with E-state index in [2.05, 4.69) is 10.3 Å². The number of pyridine rings is 1. The molecule has 1 aromatic heterocycles. The van der Waals surface area contributed by atoms with Crippen LogP contribution in [0, 0.1) is 0 Å². The third kappa shape index (κ3) is 5.64. The Balaban J connectivity index is 1.34. The van der Waals surface area contributed by atoms with Crippen molar-refractivity contribution in [3.63, 3.8) is 0 Å². The Morgan fingerprint density at radius 1 is 0.921 bits per heavy atom. The summed E-state index contributed by atoms with van der Waals surface area (Å²) >= 11 is 0. The van der Waals surface area contributed by atoms with Crippen molar-refractivity contribution in [3.05, 3.63) is 113 Å². The number of benzene rings is 3. The van der Waals surface area contributed by atoms with Gasteiger partial charge in [-0.3, -0.25) is 14.7 Å². The topological polar surface area (TPSA) is 109 Å². The number of nitrogens with zero attached hydrogens (tertiary/aromatic N) is 2. The lowest BCUT2D eigenvalue weighted by Gasteiger charge is -2.35. The molecule has 1 aliphatic rings. The largest absolute Gasteiger partial charge is 0.480 e. The fraction of sp³-hybridized carbons (Fsp3) is 0.200. The average Bonchev–Trinajstić information content (AvgIpc) is 2.95. The zero-order valence-corrected chi connectivity index (χ0v) is 20.6. The van der Waals surface area contributed by atoms with E-state index in [0.717, 1.165) is 27.6 Å². The highest BCUT2D eigenvalue weighted by molar-refractivity contribution is 5.90. The summed E-state index contributed by atoms with van der Waals surface area (Å²) in [5.74, 6) is -1.73. The number of hydrogen-bond acceptors (Lipinski definition) is 5. The van der Waals surface area contributed by atoms with Gasteiger partial charge >= 0.3 is 12.1 Å². The van der Waals surface area contributed by atoms with Gasteiger partial charge in [0.2, 0.25) is 5.91 Å². The Labute approximate surface area is 219 Å². The number of carbonyl (C=O) groups is 3. The monoisotopic (exact) mass is 509 g/mol. The first kappa shape index (κ1) is 25.0. The molecule has 5 rings (SSSR count). The highest BCUT2D eigenvalue weighted by Gasteiger charge is 2.37. The maximum atomic E-state index is 13.5. The van der Waals surface area contributed by atoms with Crippen molar-refractivity contribution in [2.45, 2.75) is 38.1 Å². The van der Waals surface area contributed by atoms with Gasteiger partial charge in [0.15, 0.2) is 0 Å². The van der Waals surface area contributed by atoms with Gasteiger partial charge in [0.1, 0.15) is 18.7 Å². The van der Waals surface area contributed by atoms with Crippen LogP contribution in [0.15, 0.2) is 91.0 Å². The standard InChI is InChI=1S/C30H27N3O5/c34-28(32-26(29(35)36)17-24-15-14-21-10-6-7-13-25(21)31-24)27-16-22-11-4-5-12-23(22)18-33(27)30(37)38-19-20-8-2-1-3-9-20/h1-15,26-27H,16-19H2,(H,32,34)(H,35,36)/t26-,27+/m1/s1.